The van der Waals surface area contributed by atoms with E-state index in [0.717, 1.165) is 18.1 Å². The van der Waals surface area contributed by atoms with Crippen LogP contribution in [0.4, 0.5) is 5.69 Å². The molecule has 0 spiro atoms. The first kappa shape index (κ1) is 14.4. The maximum Gasteiger partial charge on any atom is 0.338 e. The summed E-state index contributed by atoms with van der Waals surface area (Å²) < 4.78 is 5.14. The van der Waals surface area contributed by atoms with Crippen LogP contribution in [0.15, 0.2) is 42.7 Å². The molecule has 1 aromatic heterocycles. The number of anilines is 1. The van der Waals surface area contributed by atoms with Crippen LogP contribution in [-0.4, -0.2) is 40.6 Å². The van der Waals surface area contributed by atoms with Crippen LogP contribution >= 0.6 is 0 Å². The van der Waals surface area contributed by atoms with Crippen LogP contribution < -0.4 is 9.64 Å². The maximum absolute atomic E-state index is 11.9. The number of hydrogen-bond acceptors (Lipinski definition) is 5. The van der Waals surface area contributed by atoms with Crippen molar-refractivity contribution < 1.29 is 19.4 Å². The number of carbonyl (C=O) groups is 2. The Morgan fingerprint density at radius 1 is 1.19 bits per heavy atom. The van der Waals surface area contributed by atoms with Crippen molar-refractivity contribution in [1.82, 2.24) is 9.97 Å². The van der Waals surface area contributed by atoms with Gasteiger partial charge in [0, 0.05) is 25.1 Å². The quantitative estimate of drug-likeness (QED) is 0.888. The molecule has 0 atom stereocenters. The molecule has 0 saturated heterocycles. The average Bonchev–Trinajstić information content (AvgIpc) is 2.53. The molecule has 1 heterocycles. The fraction of sp³-hybridized carbons (Fsp3) is 0.143. The fourth-order valence-electron chi connectivity index (χ4n) is 1.52. The topological polar surface area (TPSA) is 92.6 Å². The van der Waals surface area contributed by atoms with Gasteiger partial charge in [0.1, 0.15) is 0 Å². The third-order valence-electron chi connectivity index (χ3n) is 2.72. The van der Waals surface area contributed by atoms with E-state index in [1.165, 1.54) is 4.90 Å². The van der Waals surface area contributed by atoms with Gasteiger partial charge in [0.15, 0.2) is 6.61 Å². The summed E-state index contributed by atoms with van der Waals surface area (Å²) in [4.78, 5) is 31.5. The molecule has 1 amide bonds. The first-order valence-electron chi connectivity index (χ1n) is 6.07. The van der Waals surface area contributed by atoms with Gasteiger partial charge < -0.3 is 14.7 Å². The molecule has 7 heteroatoms. The fourth-order valence-corrected chi connectivity index (χ4v) is 1.52. The Kier molecular flexibility index (Phi) is 4.45. The van der Waals surface area contributed by atoms with E-state index in [2.05, 4.69) is 9.97 Å². The van der Waals surface area contributed by atoms with Crippen LogP contribution in [0, 0.1) is 0 Å². The highest BCUT2D eigenvalue weighted by Crippen LogP contribution is 2.11. The van der Waals surface area contributed by atoms with Crippen LogP contribution in [-0.2, 0) is 4.79 Å². The SMILES string of the molecule is CN(C(=O)COc1ncc(C(=O)O)cn1)c1ccccc1. The van der Waals surface area contributed by atoms with Crippen LogP contribution in [0.3, 0.4) is 0 Å². The molecule has 0 aliphatic heterocycles. The number of ether oxygens (including phenoxy) is 1. The van der Waals surface area contributed by atoms with Crippen LogP contribution in [0.1, 0.15) is 10.4 Å². The van der Waals surface area contributed by atoms with Crippen LogP contribution in [0.5, 0.6) is 6.01 Å². The summed E-state index contributed by atoms with van der Waals surface area (Å²) in [6.45, 7) is -0.238. The molecule has 0 unspecified atom stereocenters. The summed E-state index contributed by atoms with van der Waals surface area (Å²) in [6, 6.07) is 9.07. The molecule has 0 radical (unpaired) electrons. The van der Waals surface area contributed by atoms with Crippen LogP contribution in [0.2, 0.25) is 0 Å². The Morgan fingerprint density at radius 3 is 2.38 bits per heavy atom. The van der Waals surface area contributed by atoms with Crippen molar-refractivity contribution in [2.75, 3.05) is 18.6 Å². The summed E-state index contributed by atoms with van der Waals surface area (Å²) in [5.41, 5.74) is 0.698. The van der Waals surface area contributed by atoms with Gasteiger partial charge in [-0.25, -0.2) is 14.8 Å². The van der Waals surface area contributed by atoms with Gasteiger partial charge in [-0.05, 0) is 12.1 Å². The molecule has 0 bridgehead atoms. The van der Waals surface area contributed by atoms with E-state index in [1.807, 2.05) is 18.2 Å². The lowest BCUT2D eigenvalue weighted by molar-refractivity contribution is -0.120. The number of rotatable bonds is 5. The second-order valence-corrected chi connectivity index (χ2v) is 4.14. The predicted octanol–water partition coefficient (Wildman–Crippen LogP) is 1.22. The summed E-state index contributed by atoms with van der Waals surface area (Å²) in [6.07, 6.45) is 2.24. The molecular formula is C14H13N3O4. The number of amides is 1. The molecule has 0 aliphatic rings. The van der Waals surface area contributed by atoms with Crippen molar-refractivity contribution >= 4 is 17.6 Å². The zero-order chi connectivity index (χ0) is 15.2. The summed E-state index contributed by atoms with van der Waals surface area (Å²) in [5.74, 6) is -1.39. The van der Waals surface area contributed by atoms with Crippen molar-refractivity contribution in [1.29, 1.82) is 0 Å². The first-order chi connectivity index (χ1) is 10.1. The molecule has 0 fully saturated rings. The molecule has 7 nitrogen and oxygen atoms in total. The van der Waals surface area contributed by atoms with E-state index in [0.29, 0.717) is 0 Å². The Hall–Kier alpha value is -2.96. The van der Waals surface area contributed by atoms with Crippen molar-refractivity contribution in [2.45, 2.75) is 0 Å². The van der Waals surface area contributed by atoms with Crippen molar-refractivity contribution in [3.63, 3.8) is 0 Å². The third kappa shape index (κ3) is 3.75. The predicted molar refractivity (Wildman–Crippen MR) is 74.3 cm³/mol. The van der Waals surface area contributed by atoms with Crippen molar-refractivity contribution in [3.8, 4) is 6.01 Å². The van der Waals surface area contributed by atoms with E-state index < -0.39 is 5.97 Å². The Bertz CT molecular complexity index is 628. The summed E-state index contributed by atoms with van der Waals surface area (Å²) in [7, 11) is 1.63. The number of carbonyl (C=O) groups excluding carboxylic acids is 1. The van der Waals surface area contributed by atoms with Gasteiger partial charge in [-0.3, -0.25) is 4.79 Å². The van der Waals surface area contributed by atoms with E-state index in [4.69, 9.17) is 9.84 Å². The molecule has 21 heavy (non-hydrogen) atoms. The second kappa shape index (κ2) is 6.47. The maximum atomic E-state index is 11.9. The molecule has 0 saturated carbocycles. The van der Waals surface area contributed by atoms with Gasteiger partial charge in [0.05, 0.1) is 5.56 Å². The molecular weight excluding hydrogens is 274 g/mol. The van der Waals surface area contributed by atoms with Gasteiger partial charge in [0.25, 0.3) is 5.91 Å². The standard InChI is InChI=1S/C14H13N3O4/c1-17(11-5-3-2-4-6-11)12(18)9-21-14-15-7-10(8-16-14)13(19)20/h2-8H,9H2,1H3,(H,19,20). The average molecular weight is 287 g/mol. The number of carboxylic acids is 1. The Morgan fingerprint density at radius 2 is 1.81 bits per heavy atom. The number of hydrogen-bond donors (Lipinski definition) is 1. The van der Waals surface area contributed by atoms with Crippen molar-refractivity contribution in [3.05, 3.63) is 48.3 Å². The Labute approximate surface area is 120 Å². The molecule has 2 rings (SSSR count). The lowest BCUT2D eigenvalue weighted by Gasteiger charge is -2.16. The number of para-hydroxylation sites is 1. The summed E-state index contributed by atoms with van der Waals surface area (Å²) in [5, 5.41) is 8.71. The lowest BCUT2D eigenvalue weighted by Crippen LogP contribution is -2.31. The lowest BCUT2D eigenvalue weighted by atomic mass is 10.3. The zero-order valence-electron chi connectivity index (χ0n) is 11.3. The molecule has 108 valence electrons. The second-order valence-electron chi connectivity index (χ2n) is 4.14. The molecule has 1 aromatic carbocycles. The highest BCUT2D eigenvalue weighted by molar-refractivity contribution is 5.93. The zero-order valence-corrected chi connectivity index (χ0v) is 11.3. The highest BCUT2D eigenvalue weighted by atomic mass is 16.5. The minimum Gasteiger partial charge on any atom is -0.478 e. The third-order valence-corrected chi connectivity index (χ3v) is 2.72. The summed E-state index contributed by atoms with van der Waals surface area (Å²) >= 11 is 0. The van der Waals surface area contributed by atoms with Gasteiger partial charge in [-0.15, -0.1) is 0 Å². The van der Waals surface area contributed by atoms with Gasteiger partial charge in [0.2, 0.25) is 0 Å². The van der Waals surface area contributed by atoms with E-state index >= 15 is 0 Å². The molecule has 2 aromatic rings. The van der Waals surface area contributed by atoms with E-state index in [-0.39, 0.29) is 24.1 Å². The van der Waals surface area contributed by atoms with E-state index in [1.54, 1.807) is 19.2 Å². The van der Waals surface area contributed by atoms with Gasteiger partial charge in [-0.1, -0.05) is 18.2 Å². The number of carboxylic acid groups (broad SMARTS) is 1. The Balaban J connectivity index is 1.93. The van der Waals surface area contributed by atoms with E-state index in [9.17, 15) is 9.59 Å². The minimum atomic E-state index is -1.12. The highest BCUT2D eigenvalue weighted by Gasteiger charge is 2.12. The number of aromatic carboxylic acids is 1. The van der Waals surface area contributed by atoms with Gasteiger partial charge >= 0.3 is 12.0 Å². The normalized spacial score (nSPS) is 9.95. The molecule has 1 N–H and O–H groups in total. The first-order valence-corrected chi connectivity index (χ1v) is 6.07. The largest absolute Gasteiger partial charge is 0.478 e. The number of benzene rings is 1. The number of likely N-dealkylation sites (N-methyl/N-ethyl adjacent to an activating group) is 1. The monoisotopic (exact) mass is 287 g/mol. The number of nitrogens with zero attached hydrogens (tertiary/aromatic N) is 3. The molecule has 0 aliphatic carbocycles. The number of aromatic nitrogens is 2. The van der Waals surface area contributed by atoms with Crippen LogP contribution in [0.25, 0.3) is 0 Å². The smallest absolute Gasteiger partial charge is 0.338 e. The van der Waals surface area contributed by atoms with Crippen molar-refractivity contribution in [2.24, 2.45) is 0 Å². The van der Waals surface area contributed by atoms with Gasteiger partial charge in [-0.2, -0.15) is 0 Å². The minimum absolute atomic E-state index is 0.0462.